The number of aromatic nitrogens is 7. The fourth-order valence-electron chi connectivity index (χ4n) is 4.94. The lowest BCUT2D eigenvalue weighted by atomic mass is 9.63. The van der Waals surface area contributed by atoms with Crippen molar-refractivity contribution in [1.82, 2.24) is 39.6 Å². The van der Waals surface area contributed by atoms with Crippen molar-refractivity contribution in [1.29, 1.82) is 0 Å². The van der Waals surface area contributed by atoms with Crippen LogP contribution in [0.25, 0.3) is 34.3 Å². The lowest BCUT2D eigenvalue weighted by Gasteiger charge is -2.33. The Morgan fingerprint density at radius 3 is 2.64 bits per heavy atom. The van der Waals surface area contributed by atoms with E-state index in [2.05, 4.69) is 25.4 Å². The summed E-state index contributed by atoms with van der Waals surface area (Å²) >= 11 is 0. The summed E-state index contributed by atoms with van der Waals surface area (Å²) in [7, 11) is 14.4. The molecule has 4 aromatic rings. The SMILES string of the molecule is [B]C([B])(O)C(O)(O)Oc1nn(C(C)CO)c2c1/C=C/c1n[nH]c3cnc(cc13)-c1c(C)nn(C)c1OC(C)CN(C)C2. The van der Waals surface area contributed by atoms with Crippen LogP contribution < -0.4 is 9.47 Å². The molecule has 5 heterocycles. The van der Waals surface area contributed by atoms with E-state index >= 15 is 0 Å². The molecule has 2 unspecified atom stereocenters. The molecule has 0 aliphatic carbocycles. The average molecular weight is 574 g/mol. The Balaban J connectivity index is 1.72. The number of aromatic amines is 1. The zero-order valence-corrected chi connectivity index (χ0v) is 24.0. The van der Waals surface area contributed by atoms with Gasteiger partial charge in [-0.05, 0) is 46.0 Å². The summed E-state index contributed by atoms with van der Waals surface area (Å²) in [6, 6.07) is 1.35. The zero-order valence-electron chi connectivity index (χ0n) is 24.0. The van der Waals surface area contributed by atoms with Crippen LogP contribution >= 0.6 is 0 Å². The standard InChI is InChI=1S/C26H32B2N8O6/c1-13(12-37)36-21-11-34(4)10-14(2)41-24-22(15(3)32-35(24)5)19-8-17-18(30-31-20(17)9-29-19)7-6-16(21)23(33-36)42-26(39,40)25(27,28)38/h6-9,13-14,37-40H,10-12H2,1-5H3,(H,30,31)/b7-6+. The van der Waals surface area contributed by atoms with Crippen LogP contribution in [0.15, 0.2) is 12.3 Å². The van der Waals surface area contributed by atoms with Crippen molar-refractivity contribution in [3.05, 3.63) is 34.9 Å². The molecule has 16 heteroatoms. The summed E-state index contributed by atoms with van der Waals surface area (Å²) < 4.78 is 14.9. The monoisotopic (exact) mass is 574 g/mol. The lowest BCUT2D eigenvalue weighted by Crippen LogP contribution is -2.59. The summed E-state index contributed by atoms with van der Waals surface area (Å²) in [5, 5.41) is 54.7. The maximum absolute atomic E-state index is 10.4. The second-order valence-electron chi connectivity index (χ2n) is 10.7. The Bertz CT molecular complexity index is 1640. The zero-order chi connectivity index (χ0) is 30.6. The van der Waals surface area contributed by atoms with E-state index < -0.39 is 17.4 Å². The van der Waals surface area contributed by atoms with Gasteiger partial charge in [0, 0.05) is 25.5 Å². The van der Waals surface area contributed by atoms with Gasteiger partial charge in [-0.3, -0.25) is 19.7 Å². The first-order valence-corrected chi connectivity index (χ1v) is 13.3. The summed E-state index contributed by atoms with van der Waals surface area (Å²) in [4.78, 5) is 6.61. The van der Waals surface area contributed by atoms with Crippen molar-refractivity contribution in [3.8, 4) is 23.0 Å². The van der Waals surface area contributed by atoms with Crippen molar-refractivity contribution in [2.45, 2.75) is 50.8 Å². The summed E-state index contributed by atoms with van der Waals surface area (Å²) in [5.74, 6) is -3.12. The number of nitrogens with zero attached hydrogens (tertiary/aromatic N) is 7. The van der Waals surface area contributed by atoms with Gasteiger partial charge in [0.05, 0.1) is 63.7 Å². The predicted octanol–water partition coefficient (Wildman–Crippen LogP) is -0.200. The average Bonchev–Trinajstić information content (AvgIpc) is 3.53. The van der Waals surface area contributed by atoms with E-state index in [0.717, 1.165) is 16.6 Å². The molecular formula is C26H32B2N8O6. The van der Waals surface area contributed by atoms with Crippen LogP contribution in [0.2, 0.25) is 0 Å². The number of aliphatic hydroxyl groups excluding tert-OH is 1. The molecule has 42 heavy (non-hydrogen) atoms. The van der Waals surface area contributed by atoms with E-state index in [1.807, 2.05) is 38.9 Å². The molecule has 1 aliphatic rings. The molecule has 2 bridgehead atoms. The lowest BCUT2D eigenvalue weighted by molar-refractivity contribution is -0.332. The van der Waals surface area contributed by atoms with Gasteiger partial charge in [0.25, 0.3) is 0 Å². The van der Waals surface area contributed by atoms with Gasteiger partial charge in [0.1, 0.15) is 21.8 Å². The normalized spacial score (nSPS) is 18.2. The number of likely N-dealkylation sites (N-methyl/N-ethyl adjacent to an activating group) is 1. The first-order chi connectivity index (χ1) is 19.7. The first kappa shape index (κ1) is 29.8. The quantitative estimate of drug-likeness (QED) is 0.157. The van der Waals surface area contributed by atoms with Gasteiger partial charge in [-0.15, -0.1) is 5.10 Å². The van der Waals surface area contributed by atoms with Crippen molar-refractivity contribution in [2.75, 3.05) is 20.2 Å². The van der Waals surface area contributed by atoms with Gasteiger partial charge >= 0.3 is 5.97 Å². The maximum atomic E-state index is 10.4. The minimum absolute atomic E-state index is 0.274. The van der Waals surface area contributed by atoms with Crippen LogP contribution in [0.1, 0.15) is 42.5 Å². The predicted molar refractivity (Wildman–Crippen MR) is 154 cm³/mol. The van der Waals surface area contributed by atoms with Gasteiger partial charge in [0.15, 0.2) is 0 Å². The fourth-order valence-corrected chi connectivity index (χ4v) is 4.94. The number of aryl methyl sites for hydroxylation is 2. The van der Waals surface area contributed by atoms with Crippen LogP contribution in [-0.2, 0) is 13.6 Å². The Hall–Kier alpha value is -3.69. The molecule has 4 radical (unpaired) electrons. The summed E-state index contributed by atoms with van der Waals surface area (Å²) in [5.41, 5.74) is 4.28. The molecule has 218 valence electrons. The molecule has 0 saturated carbocycles. The van der Waals surface area contributed by atoms with Gasteiger partial charge in [-0.2, -0.15) is 10.2 Å². The number of aliphatic hydroxyl groups is 4. The molecule has 0 saturated heterocycles. The number of hydrogen-bond donors (Lipinski definition) is 5. The Labute approximate surface area is 244 Å². The molecular weight excluding hydrogens is 542 g/mol. The van der Waals surface area contributed by atoms with E-state index in [1.54, 1.807) is 30.0 Å². The van der Waals surface area contributed by atoms with Crippen LogP contribution in [0.4, 0.5) is 0 Å². The van der Waals surface area contributed by atoms with Crippen LogP contribution in [0, 0.1) is 6.92 Å². The number of hydrogen-bond acceptors (Lipinski definition) is 11. The number of pyridine rings is 1. The Morgan fingerprint density at radius 1 is 1.21 bits per heavy atom. The number of rotatable bonds is 5. The molecule has 0 aromatic carbocycles. The van der Waals surface area contributed by atoms with E-state index in [4.69, 9.17) is 25.2 Å². The van der Waals surface area contributed by atoms with Crippen LogP contribution in [-0.4, -0.2) is 113 Å². The Morgan fingerprint density at radius 2 is 1.95 bits per heavy atom. The molecule has 0 spiro atoms. The van der Waals surface area contributed by atoms with Crippen molar-refractivity contribution < 1.29 is 29.9 Å². The summed E-state index contributed by atoms with van der Waals surface area (Å²) in [6.07, 6.45) is 4.73. The van der Waals surface area contributed by atoms with Crippen LogP contribution in [0.5, 0.6) is 11.8 Å². The van der Waals surface area contributed by atoms with Gasteiger partial charge in [0.2, 0.25) is 11.8 Å². The third-order valence-electron chi connectivity index (χ3n) is 7.07. The molecule has 14 nitrogen and oxygen atoms in total. The number of fused-ring (bicyclic) bond motifs is 4. The first-order valence-electron chi connectivity index (χ1n) is 13.3. The van der Waals surface area contributed by atoms with Crippen LogP contribution in [0.3, 0.4) is 0 Å². The minimum atomic E-state index is -3.40. The number of ether oxygens (including phenoxy) is 2. The van der Waals surface area contributed by atoms with E-state index in [9.17, 15) is 20.4 Å². The van der Waals surface area contributed by atoms with E-state index in [1.165, 1.54) is 4.68 Å². The highest BCUT2D eigenvalue weighted by Gasteiger charge is 2.43. The van der Waals surface area contributed by atoms with Crippen molar-refractivity contribution in [3.63, 3.8) is 0 Å². The molecule has 5 rings (SSSR count). The highest BCUT2D eigenvalue weighted by Crippen LogP contribution is 2.36. The van der Waals surface area contributed by atoms with Gasteiger partial charge < -0.3 is 29.9 Å². The highest BCUT2D eigenvalue weighted by atomic mass is 16.8. The third kappa shape index (κ3) is 5.43. The third-order valence-corrected chi connectivity index (χ3v) is 7.07. The molecule has 5 N–H and O–H groups in total. The van der Waals surface area contributed by atoms with Gasteiger partial charge in [-0.1, -0.05) is 0 Å². The van der Waals surface area contributed by atoms with E-state index in [0.29, 0.717) is 40.6 Å². The molecule has 4 aromatic heterocycles. The number of H-pyrrole nitrogens is 1. The Kier molecular flexibility index (Phi) is 7.70. The second-order valence-corrected chi connectivity index (χ2v) is 10.7. The smallest absolute Gasteiger partial charge is 0.335 e. The maximum Gasteiger partial charge on any atom is 0.335 e. The number of nitrogens with one attached hydrogen (secondary N) is 1. The van der Waals surface area contributed by atoms with Crippen molar-refractivity contribution in [2.24, 2.45) is 7.05 Å². The van der Waals surface area contributed by atoms with E-state index in [-0.39, 0.29) is 25.1 Å². The molecule has 2 atom stereocenters. The minimum Gasteiger partial charge on any atom is -0.473 e. The second kappa shape index (κ2) is 10.9. The van der Waals surface area contributed by atoms with Gasteiger partial charge in [-0.25, -0.2) is 4.68 Å². The molecule has 0 amide bonds. The summed E-state index contributed by atoms with van der Waals surface area (Å²) in [6.45, 7) is 6.03. The van der Waals surface area contributed by atoms with Crippen molar-refractivity contribution >= 4 is 38.7 Å². The molecule has 0 fully saturated rings. The molecule has 1 aliphatic heterocycles. The highest BCUT2D eigenvalue weighted by molar-refractivity contribution is 6.39. The largest absolute Gasteiger partial charge is 0.473 e. The fraction of sp³-hybridized carbons (Fsp3) is 0.462. The topological polar surface area (TPSA) is 180 Å².